The number of amides is 2. The van der Waals surface area contributed by atoms with E-state index in [0.29, 0.717) is 23.4 Å². The summed E-state index contributed by atoms with van der Waals surface area (Å²) in [5.41, 5.74) is 0.931. The Balaban J connectivity index is 2.09. The quantitative estimate of drug-likeness (QED) is 0.875. The second-order valence-electron chi connectivity index (χ2n) is 6.58. The summed E-state index contributed by atoms with van der Waals surface area (Å²) < 4.78 is 5.37. The van der Waals surface area contributed by atoms with E-state index < -0.39 is 0 Å². The minimum Gasteiger partial charge on any atom is -0.494 e. The van der Waals surface area contributed by atoms with Gasteiger partial charge in [0.1, 0.15) is 5.75 Å². The number of carbonyl (C=O) groups is 2. The summed E-state index contributed by atoms with van der Waals surface area (Å²) in [6.07, 6.45) is 2.87. The molecule has 2 N–H and O–H groups in total. The van der Waals surface area contributed by atoms with Crippen LogP contribution in [0.25, 0.3) is 0 Å². The molecule has 0 atom stereocenters. The fraction of sp³-hybridized carbons (Fsp3) is 0.316. The number of ether oxygens (including phenoxy) is 1. The highest BCUT2D eigenvalue weighted by molar-refractivity contribution is 6.05. The van der Waals surface area contributed by atoms with E-state index in [1.165, 1.54) is 18.5 Å². The summed E-state index contributed by atoms with van der Waals surface area (Å²) in [7, 11) is 0. The fourth-order valence-corrected chi connectivity index (χ4v) is 2.11. The summed E-state index contributed by atoms with van der Waals surface area (Å²) in [4.78, 5) is 28.6. The molecular formula is C19H23N3O3. The lowest BCUT2D eigenvalue weighted by molar-refractivity contribution is 0.0919. The van der Waals surface area contributed by atoms with Crippen molar-refractivity contribution < 1.29 is 14.3 Å². The number of aromatic nitrogens is 1. The van der Waals surface area contributed by atoms with E-state index in [1.807, 2.05) is 27.7 Å². The van der Waals surface area contributed by atoms with Crippen LogP contribution in [0.15, 0.2) is 42.7 Å². The van der Waals surface area contributed by atoms with Gasteiger partial charge in [0, 0.05) is 23.6 Å². The summed E-state index contributed by atoms with van der Waals surface area (Å²) in [5.74, 6) is 0.140. The van der Waals surface area contributed by atoms with E-state index in [1.54, 1.807) is 24.3 Å². The van der Waals surface area contributed by atoms with Gasteiger partial charge in [-0.25, -0.2) is 0 Å². The number of hydrogen-bond donors (Lipinski definition) is 2. The van der Waals surface area contributed by atoms with Crippen molar-refractivity contribution in [2.24, 2.45) is 0 Å². The van der Waals surface area contributed by atoms with Gasteiger partial charge in [0.2, 0.25) is 0 Å². The molecule has 0 aliphatic carbocycles. The number of nitrogens with zero attached hydrogens (tertiary/aromatic N) is 1. The van der Waals surface area contributed by atoms with Crippen LogP contribution in [0.4, 0.5) is 5.69 Å². The van der Waals surface area contributed by atoms with Crippen molar-refractivity contribution in [2.75, 3.05) is 11.9 Å². The third-order valence-electron chi connectivity index (χ3n) is 3.17. The molecule has 132 valence electrons. The predicted octanol–water partition coefficient (Wildman–Crippen LogP) is 3.26. The van der Waals surface area contributed by atoms with Crippen LogP contribution < -0.4 is 15.4 Å². The molecule has 2 amide bonds. The highest BCUT2D eigenvalue weighted by Crippen LogP contribution is 2.16. The zero-order valence-corrected chi connectivity index (χ0v) is 14.9. The van der Waals surface area contributed by atoms with E-state index in [9.17, 15) is 9.59 Å². The third-order valence-corrected chi connectivity index (χ3v) is 3.17. The Morgan fingerprint density at radius 2 is 1.64 bits per heavy atom. The minimum absolute atomic E-state index is 0.268. The molecule has 1 aromatic heterocycles. The molecule has 2 rings (SSSR count). The Kier molecular flexibility index (Phi) is 5.75. The summed E-state index contributed by atoms with van der Waals surface area (Å²) in [6.45, 7) is 8.16. The van der Waals surface area contributed by atoms with Crippen molar-refractivity contribution in [3.8, 4) is 5.75 Å². The molecule has 0 aliphatic rings. The van der Waals surface area contributed by atoms with Gasteiger partial charge >= 0.3 is 0 Å². The molecule has 6 heteroatoms. The first kappa shape index (κ1) is 18.4. The monoisotopic (exact) mass is 341 g/mol. The zero-order chi connectivity index (χ0) is 18.4. The smallest absolute Gasteiger partial charge is 0.257 e. The number of rotatable bonds is 5. The molecule has 1 heterocycles. The predicted molar refractivity (Wildman–Crippen MR) is 97.0 cm³/mol. The average Bonchev–Trinajstić information content (AvgIpc) is 2.55. The van der Waals surface area contributed by atoms with Crippen LogP contribution in [0.5, 0.6) is 5.75 Å². The number of nitrogens with one attached hydrogen (secondary N) is 2. The maximum atomic E-state index is 12.4. The van der Waals surface area contributed by atoms with Crippen LogP contribution in [-0.2, 0) is 0 Å². The van der Waals surface area contributed by atoms with Crippen LogP contribution >= 0.6 is 0 Å². The molecule has 0 aliphatic heterocycles. The molecular weight excluding hydrogens is 318 g/mol. The summed E-state index contributed by atoms with van der Waals surface area (Å²) in [6, 6.07) is 8.60. The van der Waals surface area contributed by atoms with Crippen LogP contribution in [0, 0.1) is 0 Å². The van der Waals surface area contributed by atoms with Crippen molar-refractivity contribution in [3.05, 3.63) is 53.9 Å². The number of anilines is 1. The Morgan fingerprint density at radius 3 is 2.20 bits per heavy atom. The van der Waals surface area contributed by atoms with Crippen LogP contribution in [0.1, 0.15) is 48.4 Å². The van der Waals surface area contributed by atoms with Gasteiger partial charge in [-0.2, -0.15) is 0 Å². The highest BCUT2D eigenvalue weighted by atomic mass is 16.5. The fourth-order valence-electron chi connectivity index (χ4n) is 2.11. The number of benzene rings is 1. The van der Waals surface area contributed by atoms with E-state index in [4.69, 9.17) is 4.74 Å². The third kappa shape index (κ3) is 5.60. The van der Waals surface area contributed by atoms with E-state index in [2.05, 4.69) is 15.6 Å². The first-order valence-corrected chi connectivity index (χ1v) is 8.10. The molecule has 0 bridgehead atoms. The molecule has 2 aromatic rings. The lowest BCUT2D eigenvalue weighted by Gasteiger charge is -2.20. The Morgan fingerprint density at radius 1 is 1.04 bits per heavy atom. The van der Waals surface area contributed by atoms with Crippen molar-refractivity contribution >= 4 is 17.5 Å². The Bertz CT molecular complexity index is 749. The van der Waals surface area contributed by atoms with Crippen molar-refractivity contribution in [3.63, 3.8) is 0 Å². The molecule has 0 saturated carbocycles. The molecule has 1 aromatic carbocycles. The van der Waals surface area contributed by atoms with Crippen LogP contribution in [0.2, 0.25) is 0 Å². The Labute approximate surface area is 147 Å². The standard InChI is InChI=1S/C19H23N3O3/c1-5-25-16-8-6-15(7-9-16)21-17(23)13-10-14(12-20-11-13)18(24)22-19(2,3)4/h6-12H,5H2,1-4H3,(H,21,23)(H,22,24). The first-order valence-electron chi connectivity index (χ1n) is 8.10. The van der Waals surface area contributed by atoms with E-state index in [0.717, 1.165) is 5.75 Å². The highest BCUT2D eigenvalue weighted by Gasteiger charge is 2.17. The molecule has 0 fully saturated rings. The average molecular weight is 341 g/mol. The molecule has 0 spiro atoms. The molecule has 0 saturated heterocycles. The summed E-state index contributed by atoms with van der Waals surface area (Å²) >= 11 is 0. The first-order chi connectivity index (χ1) is 11.8. The number of carbonyl (C=O) groups excluding carboxylic acids is 2. The SMILES string of the molecule is CCOc1ccc(NC(=O)c2cncc(C(=O)NC(C)(C)C)c2)cc1. The largest absolute Gasteiger partial charge is 0.494 e. The van der Waals surface area contributed by atoms with Gasteiger partial charge < -0.3 is 15.4 Å². The normalized spacial score (nSPS) is 10.9. The second-order valence-corrected chi connectivity index (χ2v) is 6.58. The molecule has 25 heavy (non-hydrogen) atoms. The van der Waals surface area contributed by atoms with Crippen molar-refractivity contribution in [2.45, 2.75) is 33.2 Å². The topological polar surface area (TPSA) is 80.3 Å². The van der Waals surface area contributed by atoms with Gasteiger partial charge in [-0.05, 0) is 58.0 Å². The van der Waals surface area contributed by atoms with Crippen LogP contribution in [-0.4, -0.2) is 28.9 Å². The molecule has 0 radical (unpaired) electrons. The Hall–Kier alpha value is -2.89. The summed E-state index contributed by atoms with van der Waals surface area (Å²) in [5, 5.41) is 5.62. The van der Waals surface area contributed by atoms with Gasteiger partial charge in [0.05, 0.1) is 17.7 Å². The molecule has 0 unspecified atom stereocenters. The molecule has 6 nitrogen and oxygen atoms in total. The minimum atomic E-state index is -0.363. The van der Waals surface area contributed by atoms with E-state index >= 15 is 0 Å². The maximum absolute atomic E-state index is 12.4. The van der Waals surface area contributed by atoms with Gasteiger partial charge in [-0.1, -0.05) is 0 Å². The second kappa shape index (κ2) is 7.79. The maximum Gasteiger partial charge on any atom is 0.257 e. The lowest BCUT2D eigenvalue weighted by Crippen LogP contribution is -2.40. The number of hydrogen-bond acceptors (Lipinski definition) is 4. The van der Waals surface area contributed by atoms with Crippen molar-refractivity contribution in [1.29, 1.82) is 0 Å². The van der Waals surface area contributed by atoms with Gasteiger partial charge in [-0.15, -0.1) is 0 Å². The van der Waals surface area contributed by atoms with Gasteiger partial charge in [0.15, 0.2) is 0 Å². The van der Waals surface area contributed by atoms with Crippen LogP contribution in [0.3, 0.4) is 0 Å². The number of pyridine rings is 1. The van der Waals surface area contributed by atoms with Gasteiger partial charge in [0.25, 0.3) is 11.8 Å². The van der Waals surface area contributed by atoms with E-state index in [-0.39, 0.29) is 17.4 Å². The lowest BCUT2D eigenvalue weighted by atomic mass is 10.1. The zero-order valence-electron chi connectivity index (χ0n) is 14.9. The van der Waals surface area contributed by atoms with Gasteiger partial charge in [-0.3, -0.25) is 14.6 Å². The van der Waals surface area contributed by atoms with Crippen molar-refractivity contribution in [1.82, 2.24) is 10.3 Å².